The van der Waals surface area contributed by atoms with Crippen molar-refractivity contribution in [2.24, 2.45) is 0 Å². The minimum absolute atomic E-state index is 0.105. The molecule has 0 spiro atoms. The number of anilines is 1. The van der Waals surface area contributed by atoms with Gasteiger partial charge in [0.1, 0.15) is 12.2 Å². The first kappa shape index (κ1) is 13.4. The van der Waals surface area contributed by atoms with E-state index in [0.29, 0.717) is 30.4 Å². The van der Waals surface area contributed by atoms with Gasteiger partial charge >= 0.3 is 0 Å². The van der Waals surface area contributed by atoms with Gasteiger partial charge in [-0.25, -0.2) is 0 Å². The average Bonchev–Trinajstić information content (AvgIpc) is 3.09. The van der Waals surface area contributed by atoms with Crippen LogP contribution in [0.25, 0.3) is 0 Å². The summed E-state index contributed by atoms with van der Waals surface area (Å²) in [5.41, 5.74) is 7.76. The number of nitrogens with one attached hydrogen (secondary N) is 1. The number of carbonyl (C=O) groups excluding carboxylic acids is 1. The lowest BCUT2D eigenvalue weighted by atomic mass is 10.2. The molecule has 1 amide bonds. The van der Waals surface area contributed by atoms with Crippen LogP contribution in [0.15, 0.2) is 0 Å². The third-order valence-corrected chi connectivity index (χ3v) is 4.13. The van der Waals surface area contributed by atoms with Crippen molar-refractivity contribution in [1.29, 1.82) is 0 Å². The Bertz CT molecular complexity index is 500. The van der Waals surface area contributed by atoms with Crippen LogP contribution in [0.4, 0.5) is 5.69 Å². The van der Waals surface area contributed by atoms with Crippen LogP contribution in [0.5, 0.6) is 0 Å². The highest BCUT2D eigenvalue weighted by Crippen LogP contribution is 2.42. The Labute approximate surface area is 117 Å². The van der Waals surface area contributed by atoms with E-state index >= 15 is 0 Å². The van der Waals surface area contributed by atoms with Gasteiger partial charge in [-0.2, -0.15) is 5.10 Å². The number of carbonyl (C=O) groups is 1. The van der Waals surface area contributed by atoms with Crippen molar-refractivity contribution in [1.82, 2.24) is 15.1 Å². The Balaban J connectivity index is 1.76. The molecular formula is C13H20N4O3. The van der Waals surface area contributed by atoms with Crippen LogP contribution in [0, 0.1) is 0 Å². The molecule has 1 aliphatic carbocycles. The van der Waals surface area contributed by atoms with Crippen molar-refractivity contribution in [3.05, 3.63) is 11.4 Å². The van der Waals surface area contributed by atoms with E-state index < -0.39 is 0 Å². The van der Waals surface area contributed by atoms with Gasteiger partial charge in [0.15, 0.2) is 5.69 Å². The van der Waals surface area contributed by atoms with Crippen LogP contribution in [-0.4, -0.2) is 60.5 Å². The quantitative estimate of drug-likeness (QED) is 0.830. The molecule has 1 aromatic heterocycles. The molecule has 2 aliphatic rings. The molecule has 2 heterocycles. The van der Waals surface area contributed by atoms with E-state index in [0.717, 1.165) is 18.5 Å². The summed E-state index contributed by atoms with van der Waals surface area (Å²) in [6.45, 7) is 0.998. The van der Waals surface area contributed by atoms with Crippen molar-refractivity contribution >= 4 is 11.6 Å². The summed E-state index contributed by atoms with van der Waals surface area (Å²) in [5.74, 6) is 0.285. The number of rotatable bonds is 4. The van der Waals surface area contributed by atoms with Crippen LogP contribution < -0.4 is 5.73 Å². The number of nitrogens with zero attached hydrogens (tertiary/aromatic N) is 2. The van der Waals surface area contributed by atoms with Gasteiger partial charge in [0.2, 0.25) is 0 Å². The molecular weight excluding hydrogens is 260 g/mol. The molecule has 20 heavy (non-hydrogen) atoms. The maximum Gasteiger partial charge on any atom is 0.276 e. The van der Waals surface area contributed by atoms with Gasteiger partial charge in [0.25, 0.3) is 5.91 Å². The number of hydrogen-bond donors (Lipinski definition) is 2. The van der Waals surface area contributed by atoms with Gasteiger partial charge in [0, 0.05) is 33.2 Å². The zero-order valence-corrected chi connectivity index (χ0v) is 11.8. The number of H-pyrrole nitrogens is 1. The van der Waals surface area contributed by atoms with Crippen molar-refractivity contribution in [3.63, 3.8) is 0 Å². The molecule has 1 saturated carbocycles. The lowest BCUT2D eigenvalue weighted by Gasteiger charge is -2.14. The predicted octanol–water partition coefficient (Wildman–Crippen LogP) is 0.355. The number of hydrogen-bond acceptors (Lipinski definition) is 5. The summed E-state index contributed by atoms with van der Waals surface area (Å²) < 4.78 is 10.7. The molecule has 110 valence electrons. The summed E-state index contributed by atoms with van der Waals surface area (Å²) in [7, 11) is 3.25. The van der Waals surface area contributed by atoms with E-state index in [2.05, 4.69) is 10.2 Å². The Hall–Kier alpha value is -1.60. The third kappa shape index (κ3) is 2.16. The zero-order chi connectivity index (χ0) is 14.3. The number of aromatic nitrogens is 2. The Kier molecular flexibility index (Phi) is 3.39. The highest BCUT2D eigenvalue weighted by atomic mass is 16.5. The highest BCUT2D eigenvalue weighted by Gasteiger charge is 2.38. The van der Waals surface area contributed by atoms with Crippen LogP contribution in [0.3, 0.4) is 0 Å². The van der Waals surface area contributed by atoms with E-state index in [4.69, 9.17) is 15.2 Å². The molecule has 1 saturated heterocycles. The number of nitrogens with two attached hydrogens (primary N) is 1. The van der Waals surface area contributed by atoms with Crippen molar-refractivity contribution in [2.45, 2.75) is 31.0 Å². The smallest absolute Gasteiger partial charge is 0.276 e. The molecule has 2 fully saturated rings. The zero-order valence-electron chi connectivity index (χ0n) is 11.8. The van der Waals surface area contributed by atoms with Gasteiger partial charge in [0.05, 0.1) is 11.4 Å². The van der Waals surface area contributed by atoms with Gasteiger partial charge in [-0.15, -0.1) is 0 Å². The molecule has 1 aromatic rings. The molecule has 2 atom stereocenters. The van der Waals surface area contributed by atoms with E-state index in [1.807, 2.05) is 0 Å². The fourth-order valence-electron chi connectivity index (χ4n) is 2.72. The number of nitrogen functional groups attached to an aromatic ring is 1. The highest BCUT2D eigenvalue weighted by molar-refractivity contribution is 5.98. The number of ether oxygens (including phenoxy) is 2. The van der Waals surface area contributed by atoms with Crippen molar-refractivity contribution < 1.29 is 14.3 Å². The minimum Gasteiger partial charge on any atom is -0.395 e. The van der Waals surface area contributed by atoms with Crippen LogP contribution >= 0.6 is 0 Å². The molecule has 7 heteroatoms. The number of methoxy groups -OCH3 is 2. The second-order valence-electron chi connectivity index (χ2n) is 5.43. The Morgan fingerprint density at radius 1 is 1.30 bits per heavy atom. The van der Waals surface area contributed by atoms with Crippen molar-refractivity contribution in [2.75, 3.05) is 33.0 Å². The molecule has 1 aliphatic heterocycles. The van der Waals surface area contributed by atoms with Gasteiger partial charge in [-0.1, -0.05) is 0 Å². The molecule has 3 rings (SSSR count). The number of likely N-dealkylation sites (tertiary alicyclic amines) is 1. The van der Waals surface area contributed by atoms with E-state index in [9.17, 15) is 4.79 Å². The molecule has 7 nitrogen and oxygen atoms in total. The molecule has 2 unspecified atom stereocenters. The van der Waals surface area contributed by atoms with Gasteiger partial charge in [-0.3, -0.25) is 9.89 Å². The monoisotopic (exact) mass is 280 g/mol. The van der Waals surface area contributed by atoms with Gasteiger partial charge in [-0.05, 0) is 12.8 Å². The topological polar surface area (TPSA) is 93.5 Å². The summed E-state index contributed by atoms with van der Waals surface area (Å²) >= 11 is 0. The van der Waals surface area contributed by atoms with E-state index in [1.54, 1.807) is 19.1 Å². The second-order valence-corrected chi connectivity index (χ2v) is 5.43. The summed E-state index contributed by atoms with van der Waals surface area (Å²) in [6, 6.07) is 0. The second kappa shape index (κ2) is 5.06. The molecule has 0 radical (unpaired) electrons. The predicted molar refractivity (Wildman–Crippen MR) is 72.5 cm³/mol. The molecule has 0 aromatic carbocycles. The molecule has 0 bridgehead atoms. The fraction of sp³-hybridized carbons (Fsp3) is 0.692. The summed E-state index contributed by atoms with van der Waals surface area (Å²) in [6.07, 6.45) is 2.02. The maximum absolute atomic E-state index is 12.5. The van der Waals surface area contributed by atoms with Crippen LogP contribution in [0.2, 0.25) is 0 Å². The minimum atomic E-state index is -0.160. The maximum atomic E-state index is 12.5. The fourth-order valence-corrected chi connectivity index (χ4v) is 2.72. The van der Waals surface area contributed by atoms with E-state index in [1.165, 1.54) is 0 Å². The average molecular weight is 280 g/mol. The van der Waals surface area contributed by atoms with E-state index in [-0.39, 0.29) is 18.1 Å². The van der Waals surface area contributed by atoms with Crippen LogP contribution in [-0.2, 0) is 9.47 Å². The van der Waals surface area contributed by atoms with Crippen molar-refractivity contribution in [3.8, 4) is 0 Å². The third-order valence-electron chi connectivity index (χ3n) is 4.13. The van der Waals surface area contributed by atoms with Gasteiger partial charge < -0.3 is 20.1 Å². The first-order valence-corrected chi connectivity index (χ1v) is 6.84. The Morgan fingerprint density at radius 2 is 1.90 bits per heavy atom. The summed E-state index contributed by atoms with van der Waals surface area (Å²) in [5, 5.41) is 7.01. The standard InChI is InChI=1S/C13H20N4O3/c1-19-8-5-17(6-9(8)20-2)13(18)12-10(14)11(15-16-12)7-3-4-7/h7-9H,3-6,14H2,1-2H3,(H,15,16). The molecule has 3 N–H and O–H groups in total. The summed E-state index contributed by atoms with van der Waals surface area (Å²) in [4.78, 5) is 14.2. The Morgan fingerprint density at radius 3 is 2.40 bits per heavy atom. The first-order chi connectivity index (χ1) is 9.65. The first-order valence-electron chi connectivity index (χ1n) is 6.84. The normalized spacial score (nSPS) is 26.2. The number of amides is 1. The lowest BCUT2D eigenvalue weighted by molar-refractivity contribution is -0.00461. The SMILES string of the molecule is COC1CN(C(=O)c2n[nH]c(C3CC3)c2N)CC1OC. The lowest BCUT2D eigenvalue weighted by Crippen LogP contribution is -2.30. The largest absolute Gasteiger partial charge is 0.395 e. The number of aromatic amines is 1. The van der Waals surface area contributed by atoms with Crippen LogP contribution in [0.1, 0.15) is 34.9 Å².